The maximum absolute atomic E-state index is 13.3. The monoisotopic (exact) mass is 499 g/mol. The Morgan fingerprint density at radius 1 is 1.25 bits per heavy atom. The van der Waals surface area contributed by atoms with E-state index in [-0.39, 0.29) is 12.2 Å². The molecule has 0 bridgehead atoms. The zero-order valence-corrected chi connectivity index (χ0v) is 20.3. The zero-order chi connectivity index (χ0) is 23.6. The van der Waals surface area contributed by atoms with Gasteiger partial charge in [0.1, 0.15) is 11.6 Å². The van der Waals surface area contributed by atoms with Crippen molar-refractivity contribution in [3.8, 4) is 5.75 Å². The van der Waals surface area contributed by atoms with Crippen molar-refractivity contribution in [1.82, 2.24) is 9.66 Å². The Morgan fingerprint density at radius 3 is 2.59 bits per heavy atom. The number of anilines is 1. The molecule has 2 aromatic carbocycles. The number of carbonyl (C=O) groups is 1. The highest BCUT2D eigenvalue weighted by atomic mass is 79.9. The SMILES string of the molecule is CN(C)c1ccc(C=Nn2c(C(C)(C)C)nc3ccc(Br)cc3c2=O)c(OCC(N)=O)c1. The van der Waals surface area contributed by atoms with Gasteiger partial charge in [0.15, 0.2) is 6.61 Å². The topological polar surface area (TPSA) is 103 Å². The standard InChI is InChI=1S/C23H26BrN5O3/c1-23(2,3)22-27-18-9-7-15(24)10-17(18)21(31)29(22)26-12-14-6-8-16(28(4)5)11-19(14)32-13-20(25)30/h6-12H,13H2,1-5H3,(H2,25,30). The first-order chi connectivity index (χ1) is 15.0. The number of aromatic nitrogens is 2. The molecule has 0 aliphatic heterocycles. The normalized spacial score (nSPS) is 11.8. The first-order valence-electron chi connectivity index (χ1n) is 9.97. The lowest BCUT2D eigenvalue weighted by atomic mass is 9.95. The van der Waals surface area contributed by atoms with Gasteiger partial charge >= 0.3 is 0 Å². The lowest BCUT2D eigenvalue weighted by Crippen LogP contribution is -2.29. The number of amides is 1. The van der Waals surface area contributed by atoms with Gasteiger partial charge in [0.25, 0.3) is 11.5 Å². The van der Waals surface area contributed by atoms with Crippen LogP contribution in [0.15, 0.2) is 50.8 Å². The van der Waals surface area contributed by atoms with Crippen molar-refractivity contribution in [3.63, 3.8) is 0 Å². The number of benzene rings is 2. The van der Waals surface area contributed by atoms with Crippen LogP contribution in [-0.2, 0) is 10.2 Å². The highest BCUT2D eigenvalue weighted by molar-refractivity contribution is 9.10. The molecule has 0 radical (unpaired) electrons. The average molecular weight is 500 g/mol. The van der Waals surface area contributed by atoms with Crippen molar-refractivity contribution in [2.75, 3.05) is 25.6 Å². The van der Waals surface area contributed by atoms with Gasteiger partial charge in [0.2, 0.25) is 0 Å². The minimum atomic E-state index is -0.585. The molecule has 3 aromatic rings. The molecule has 0 saturated heterocycles. The van der Waals surface area contributed by atoms with Gasteiger partial charge in [-0.2, -0.15) is 9.78 Å². The number of hydrogen-bond donors (Lipinski definition) is 1. The van der Waals surface area contributed by atoms with E-state index in [0.717, 1.165) is 10.2 Å². The predicted molar refractivity (Wildman–Crippen MR) is 131 cm³/mol. The van der Waals surface area contributed by atoms with Crippen LogP contribution in [0, 0.1) is 0 Å². The van der Waals surface area contributed by atoms with E-state index in [1.807, 2.05) is 58.0 Å². The van der Waals surface area contributed by atoms with E-state index in [1.54, 1.807) is 18.2 Å². The van der Waals surface area contributed by atoms with Gasteiger partial charge in [-0.25, -0.2) is 4.98 Å². The van der Waals surface area contributed by atoms with Gasteiger partial charge in [0.05, 0.1) is 17.1 Å². The number of carbonyl (C=O) groups excluding carboxylic acids is 1. The molecule has 0 aliphatic rings. The first kappa shape index (κ1) is 23.5. The molecule has 0 saturated carbocycles. The van der Waals surface area contributed by atoms with Crippen LogP contribution in [0.25, 0.3) is 10.9 Å². The van der Waals surface area contributed by atoms with Crippen molar-refractivity contribution in [1.29, 1.82) is 0 Å². The van der Waals surface area contributed by atoms with Crippen LogP contribution in [0.5, 0.6) is 5.75 Å². The van der Waals surface area contributed by atoms with Crippen molar-refractivity contribution in [2.24, 2.45) is 10.8 Å². The Hall–Kier alpha value is -3.20. The molecule has 0 atom stereocenters. The first-order valence-corrected chi connectivity index (χ1v) is 10.8. The van der Waals surface area contributed by atoms with E-state index < -0.39 is 11.3 Å². The summed E-state index contributed by atoms with van der Waals surface area (Å²) in [4.78, 5) is 31.1. The van der Waals surface area contributed by atoms with Crippen LogP contribution in [0.2, 0.25) is 0 Å². The zero-order valence-electron chi connectivity index (χ0n) is 18.7. The molecule has 8 nitrogen and oxygen atoms in total. The maximum atomic E-state index is 13.3. The molecule has 1 amide bonds. The quantitative estimate of drug-likeness (QED) is 0.524. The Bertz CT molecular complexity index is 1260. The fourth-order valence-corrected chi connectivity index (χ4v) is 3.40. The molecule has 0 unspecified atom stereocenters. The summed E-state index contributed by atoms with van der Waals surface area (Å²) in [5.74, 6) is 0.373. The molecule has 2 N–H and O–H groups in total. The van der Waals surface area contributed by atoms with Gasteiger partial charge in [-0.1, -0.05) is 36.7 Å². The number of nitrogens with two attached hydrogens (primary N) is 1. The van der Waals surface area contributed by atoms with Crippen LogP contribution >= 0.6 is 15.9 Å². The third kappa shape index (κ3) is 5.16. The van der Waals surface area contributed by atoms with Crippen molar-refractivity contribution in [3.05, 3.63) is 62.6 Å². The summed E-state index contributed by atoms with van der Waals surface area (Å²) in [5, 5.41) is 4.93. The van der Waals surface area contributed by atoms with Gasteiger partial charge in [-0.15, -0.1) is 0 Å². The van der Waals surface area contributed by atoms with Crippen LogP contribution in [0.4, 0.5) is 5.69 Å². The van der Waals surface area contributed by atoms with E-state index in [0.29, 0.717) is 28.0 Å². The number of hydrogen-bond acceptors (Lipinski definition) is 6. The molecule has 0 fully saturated rings. The number of ether oxygens (including phenoxy) is 1. The van der Waals surface area contributed by atoms with E-state index in [2.05, 4.69) is 21.0 Å². The van der Waals surface area contributed by atoms with E-state index in [4.69, 9.17) is 15.5 Å². The van der Waals surface area contributed by atoms with Crippen LogP contribution in [-0.4, -0.2) is 42.5 Å². The molecular formula is C23H26BrN5O3. The Labute approximate surface area is 194 Å². The molecule has 9 heteroatoms. The molecule has 1 heterocycles. The largest absolute Gasteiger partial charge is 0.483 e. The van der Waals surface area contributed by atoms with E-state index >= 15 is 0 Å². The number of fused-ring (bicyclic) bond motifs is 1. The van der Waals surface area contributed by atoms with Crippen molar-refractivity contribution < 1.29 is 9.53 Å². The molecule has 0 aliphatic carbocycles. The second kappa shape index (κ2) is 9.12. The third-order valence-corrected chi connectivity index (χ3v) is 5.17. The maximum Gasteiger partial charge on any atom is 0.282 e. The van der Waals surface area contributed by atoms with Crippen LogP contribution in [0.3, 0.4) is 0 Å². The summed E-state index contributed by atoms with van der Waals surface area (Å²) < 4.78 is 7.68. The molecule has 168 valence electrons. The number of primary amides is 1. The Morgan fingerprint density at radius 2 is 1.97 bits per heavy atom. The molecule has 1 aromatic heterocycles. The number of rotatable bonds is 6. The van der Waals surface area contributed by atoms with Crippen LogP contribution in [0.1, 0.15) is 32.2 Å². The van der Waals surface area contributed by atoms with Gasteiger partial charge in [-0.05, 0) is 30.3 Å². The summed E-state index contributed by atoms with van der Waals surface area (Å²) in [6, 6.07) is 10.9. The molecule has 0 spiro atoms. The minimum Gasteiger partial charge on any atom is -0.483 e. The Kier molecular flexibility index (Phi) is 6.68. The van der Waals surface area contributed by atoms with Crippen LogP contribution < -0.4 is 20.9 Å². The fraction of sp³-hybridized carbons (Fsp3) is 0.304. The highest BCUT2D eigenvalue weighted by Crippen LogP contribution is 2.25. The molecule has 32 heavy (non-hydrogen) atoms. The summed E-state index contributed by atoms with van der Waals surface area (Å²) >= 11 is 3.41. The molecular weight excluding hydrogens is 474 g/mol. The highest BCUT2D eigenvalue weighted by Gasteiger charge is 2.23. The lowest BCUT2D eigenvalue weighted by Gasteiger charge is -2.21. The van der Waals surface area contributed by atoms with E-state index in [9.17, 15) is 9.59 Å². The summed E-state index contributed by atoms with van der Waals surface area (Å²) in [5.41, 5.74) is 6.61. The average Bonchev–Trinajstić information content (AvgIpc) is 2.71. The minimum absolute atomic E-state index is 0.267. The second-order valence-electron chi connectivity index (χ2n) is 8.58. The number of nitrogens with zero attached hydrogens (tertiary/aromatic N) is 4. The van der Waals surface area contributed by atoms with Gasteiger partial charge in [0, 0.05) is 41.3 Å². The number of halogens is 1. The van der Waals surface area contributed by atoms with Gasteiger partial charge in [-0.3, -0.25) is 9.59 Å². The van der Waals surface area contributed by atoms with Crippen molar-refractivity contribution in [2.45, 2.75) is 26.2 Å². The fourth-order valence-electron chi connectivity index (χ4n) is 3.04. The van der Waals surface area contributed by atoms with Gasteiger partial charge < -0.3 is 15.4 Å². The predicted octanol–water partition coefficient (Wildman–Crippen LogP) is 3.27. The second-order valence-corrected chi connectivity index (χ2v) is 9.50. The smallest absolute Gasteiger partial charge is 0.282 e. The molecule has 3 rings (SSSR count). The third-order valence-electron chi connectivity index (χ3n) is 4.67. The van der Waals surface area contributed by atoms with Crippen molar-refractivity contribution >= 4 is 44.6 Å². The van der Waals surface area contributed by atoms with E-state index in [1.165, 1.54) is 10.9 Å². The lowest BCUT2D eigenvalue weighted by molar-refractivity contribution is -0.119. The Balaban J connectivity index is 2.16. The summed E-state index contributed by atoms with van der Waals surface area (Å²) in [7, 11) is 3.80. The summed E-state index contributed by atoms with van der Waals surface area (Å²) in [6.45, 7) is 5.65. The summed E-state index contributed by atoms with van der Waals surface area (Å²) in [6.07, 6.45) is 1.53.